The fraction of sp³-hybridized carbons (Fsp3) is 0.429. The highest BCUT2D eigenvalue weighted by molar-refractivity contribution is 7.89. The predicted molar refractivity (Wildman–Crippen MR) is 105 cm³/mol. The van der Waals surface area contributed by atoms with Crippen molar-refractivity contribution in [2.45, 2.75) is 43.1 Å². The summed E-state index contributed by atoms with van der Waals surface area (Å²) >= 11 is 0. The number of sulfonamides is 1. The first kappa shape index (κ1) is 20.4. The van der Waals surface area contributed by atoms with Crippen molar-refractivity contribution in [2.24, 2.45) is 5.73 Å². The Morgan fingerprint density at radius 3 is 2.45 bits per heavy atom. The number of rotatable bonds is 4. The number of benzene rings is 2. The van der Waals surface area contributed by atoms with E-state index in [1.807, 2.05) is 6.07 Å². The van der Waals surface area contributed by atoms with Gasteiger partial charge in [-0.15, -0.1) is 0 Å². The molecule has 8 heteroatoms. The third kappa shape index (κ3) is 3.59. The third-order valence-electron chi connectivity index (χ3n) is 5.91. The molecule has 0 bridgehead atoms. The Bertz CT molecular complexity index is 1010. The second-order valence-electron chi connectivity index (χ2n) is 7.99. The molecule has 2 fully saturated rings. The van der Waals surface area contributed by atoms with Gasteiger partial charge in [-0.25, -0.2) is 17.2 Å². The molecule has 0 aromatic heterocycles. The molecule has 2 aliphatic rings. The van der Waals surface area contributed by atoms with E-state index in [9.17, 15) is 17.2 Å². The lowest BCUT2D eigenvalue weighted by Gasteiger charge is -2.39. The summed E-state index contributed by atoms with van der Waals surface area (Å²) < 4.78 is 62.3. The minimum absolute atomic E-state index is 0.000714. The molecule has 0 radical (unpaired) electrons. The van der Waals surface area contributed by atoms with Crippen molar-refractivity contribution in [1.29, 1.82) is 0 Å². The molecule has 5 nitrogen and oxygen atoms in total. The van der Waals surface area contributed by atoms with Crippen LogP contribution in [0.2, 0.25) is 0 Å². The van der Waals surface area contributed by atoms with Gasteiger partial charge < -0.3 is 10.5 Å². The van der Waals surface area contributed by atoms with Crippen molar-refractivity contribution >= 4 is 10.0 Å². The summed E-state index contributed by atoms with van der Waals surface area (Å²) in [5, 5.41) is -0.688. The first-order valence-corrected chi connectivity index (χ1v) is 11.1. The highest BCUT2D eigenvalue weighted by Crippen LogP contribution is 2.38. The Morgan fingerprint density at radius 1 is 1.14 bits per heavy atom. The molecule has 29 heavy (non-hydrogen) atoms. The average molecular weight is 422 g/mol. The lowest BCUT2D eigenvalue weighted by atomic mass is 9.88. The summed E-state index contributed by atoms with van der Waals surface area (Å²) in [5.41, 5.74) is 5.77. The van der Waals surface area contributed by atoms with E-state index in [2.05, 4.69) is 0 Å². The molecule has 0 spiro atoms. The lowest BCUT2D eigenvalue weighted by molar-refractivity contribution is -0.0586. The maximum Gasteiger partial charge on any atom is 0.221 e. The molecule has 2 atom stereocenters. The van der Waals surface area contributed by atoms with Crippen LogP contribution in [0.4, 0.5) is 8.78 Å². The van der Waals surface area contributed by atoms with E-state index in [0.29, 0.717) is 18.4 Å². The van der Waals surface area contributed by atoms with Crippen LogP contribution in [0.15, 0.2) is 42.5 Å². The molecular formula is C21H24F2N2O3S. The minimum atomic E-state index is -3.73. The smallest absolute Gasteiger partial charge is 0.221 e. The largest absolute Gasteiger partial charge is 0.377 e. The van der Waals surface area contributed by atoms with Crippen molar-refractivity contribution in [3.05, 3.63) is 70.8 Å². The first-order chi connectivity index (χ1) is 13.7. The van der Waals surface area contributed by atoms with Crippen LogP contribution in [0.5, 0.6) is 0 Å². The third-order valence-corrected chi connectivity index (χ3v) is 8.28. The maximum atomic E-state index is 14.8. The van der Waals surface area contributed by atoms with E-state index in [1.165, 1.54) is 4.31 Å². The van der Waals surface area contributed by atoms with Crippen LogP contribution in [0, 0.1) is 11.6 Å². The van der Waals surface area contributed by atoms with Gasteiger partial charge in [-0.05, 0) is 37.5 Å². The standard InChI is InChI=1S/C21H24F2N2O3S/c1-14-7-8-20(15-5-3-2-4-6-15)29(26,27)25(14)11-16-9-19(23)17(10-18(16)22)21(24)12-28-13-21/h2-6,9-10,14,20H,7-8,11-13,24H2,1H3/t14-,20+/m0/s1. The summed E-state index contributed by atoms with van der Waals surface area (Å²) in [5.74, 6) is -1.31. The van der Waals surface area contributed by atoms with E-state index in [-0.39, 0.29) is 36.9 Å². The molecule has 0 saturated carbocycles. The Balaban J connectivity index is 1.65. The van der Waals surface area contributed by atoms with Gasteiger partial charge in [0, 0.05) is 23.7 Å². The highest BCUT2D eigenvalue weighted by atomic mass is 32.2. The quantitative estimate of drug-likeness (QED) is 0.821. The van der Waals surface area contributed by atoms with Gasteiger partial charge in [0.15, 0.2) is 0 Å². The molecule has 2 heterocycles. The fourth-order valence-corrected chi connectivity index (χ4v) is 6.28. The van der Waals surface area contributed by atoms with E-state index in [0.717, 1.165) is 12.1 Å². The average Bonchev–Trinajstić information content (AvgIpc) is 2.66. The second-order valence-corrected chi connectivity index (χ2v) is 10.1. The van der Waals surface area contributed by atoms with Gasteiger partial charge >= 0.3 is 0 Å². The van der Waals surface area contributed by atoms with Crippen LogP contribution in [-0.4, -0.2) is 32.0 Å². The van der Waals surface area contributed by atoms with Crippen molar-refractivity contribution in [3.8, 4) is 0 Å². The lowest BCUT2D eigenvalue weighted by Crippen LogP contribution is -2.54. The predicted octanol–water partition coefficient (Wildman–Crippen LogP) is 3.20. The normalized spacial score (nSPS) is 26.1. The zero-order valence-electron chi connectivity index (χ0n) is 16.1. The molecule has 2 saturated heterocycles. The van der Waals surface area contributed by atoms with E-state index in [4.69, 9.17) is 10.5 Å². The van der Waals surface area contributed by atoms with Crippen LogP contribution in [0.1, 0.15) is 41.7 Å². The molecule has 2 aliphatic heterocycles. The SMILES string of the molecule is C[C@H]1CC[C@H](c2ccccc2)S(=O)(=O)N1Cc1cc(F)c(C2(N)COC2)cc1F. The van der Waals surface area contributed by atoms with Crippen LogP contribution in [0.3, 0.4) is 0 Å². The topological polar surface area (TPSA) is 72.6 Å². The molecule has 4 rings (SSSR count). The zero-order valence-corrected chi connectivity index (χ0v) is 17.0. The summed E-state index contributed by atoms with van der Waals surface area (Å²) in [6.45, 7) is 1.82. The Hall–Kier alpha value is -1.87. The molecule has 2 N–H and O–H groups in total. The molecule has 0 amide bonds. The summed E-state index contributed by atoms with van der Waals surface area (Å²) in [7, 11) is -3.73. The van der Waals surface area contributed by atoms with E-state index < -0.39 is 32.4 Å². The fourth-order valence-electron chi connectivity index (χ4n) is 4.09. The van der Waals surface area contributed by atoms with Crippen molar-refractivity contribution in [3.63, 3.8) is 0 Å². The zero-order chi connectivity index (χ0) is 20.8. The maximum absolute atomic E-state index is 14.8. The second kappa shape index (κ2) is 7.43. The molecule has 156 valence electrons. The summed E-state index contributed by atoms with van der Waals surface area (Å²) in [6, 6.07) is 10.8. The monoisotopic (exact) mass is 422 g/mol. The molecule has 0 unspecified atom stereocenters. The van der Waals surface area contributed by atoms with Crippen molar-refractivity contribution in [2.75, 3.05) is 13.2 Å². The van der Waals surface area contributed by atoms with Crippen LogP contribution in [-0.2, 0) is 26.8 Å². The molecule has 2 aromatic carbocycles. The number of ether oxygens (including phenoxy) is 1. The van der Waals surface area contributed by atoms with Crippen LogP contribution < -0.4 is 5.73 Å². The van der Waals surface area contributed by atoms with Gasteiger partial charge in [0.1, 0.15) is 16.9 Å². The highest BCUT2D eigenvalue weighted by Gasteiger charge is 2.42. The van der Waals surface area contributed by atoms with Gasteiger partial charge in [-0.3, -0.25) is 0 Å². The van der Waals surface area contributed by atoms with Crippen molar-refractivity contribution in [1.82, 2.24) is 4.31 Å². The molecular weight excluding hydrogens is 398 g/mol. The van der Waals surface area contributed by atoms with E-state index >= 15 is 0 Å². The Morgan fingerprint density at radius 2 is 1.83 bits per heavy atom. The minimum Gasteiger partial charge on any atom is -0.377 e. The number of hydrogen-bond donors (Lipinski definition) is 1. The van der Waals surface area contributed by atoms with Gasteiger partial charge in [0.25, 0.3) is 0 Å². The Labute approximate surface area is 169 Å². The number of halogens is 2. The molecule has 2 aromatic rings. The van der Waals surface area contributed by atoms with Crippen LogP contribution in [0.25, 0.3) is 0 Å². The van der Waals surface area contributed by atoms with E-state index in [1.54, 1.807) is 31.2 Å². The van der Waals surface area contributed by atoms with Gasteiger partial charge in [-0.1, -0.05) is 30.3 Å². The number of nitrogens with zero attached hydrogens (tertiary/aromatic N) is 1. The number of hydrogen-bond acceptors (Lipinski definition) is 4. The Kier molecular flexibility index (Phi) is 5.23. The summed E-state index contributed by atoms with van der Waals surface area (Å²) in [4.78, 5) is 0. The van der Waals surface area contributed by atoms with Gasteiger partial charge in [0.2, 0.25) is 10.0 Å². The molecule has 0 aliphatic carbocycles. The summed E-state index contributed by atoms with van der Waals surface area (Å²) in [6.07, 6.45) is 1.14. The number of nitrogens with two attached hydrogens (primary N) is 1. The van der Waals surface area contributed by atoms with Gasteiger partial charge in [0.05, 0.1) is 18.8 Å². The van der Waals surface area contributed by atoms with Crippen molar-refractivity contribution < 1.29 is 21.9 Å². The first-order valence-electron chi connectivity index (χ1n) is 9.63. The van der Waals surface area contributed by atoms with Gasteiger partial charge in [-0.2, -0.15) is 4.31 Å². The van der Waals surface area contributed by atoms with Crippen LogP contribution >= 0.6 is 0 Å².